The summed E-state index contributed by atoms with van der Waals surface area (Å²) >= 11 is 12.5. The lowest BCUT2D eigenvalue weighted by atomic mass is 9.72. The molecule has 1 fully saturated rings. The van der Waals surface area contributed by atoms with E-state index in [9.17, 15) is 0 Å². The van der Waals surface area contributed by atoms with Crippen molar-refractivity contribution in [3.05, 3.63) is 33.8 Å². The van der Waals surface area contributed by atoms with Crippen LogP contribution in [0.4, 0.5) is 0 Å². The highest BCUT2D eigenvalue weighted by molar-refractivity contribution is 6.36. The third-order valence-electron chi connectivity index (χ3n) is 4.48. The number of hydrogen-bond donors (Lipinski definition) is 1. The molecule has 0 saturated heterocycles. The molecule has 100 valence electrons. The normalized spacial score (nSPS) is 30.2. The fourth-order valence-corrected chi connectivity index (χ4v) is 3.63. The van der Waals surface area contributed by atoms with Crippen molar-refractivity contribution in [2.75, 3.05) is 0 Å². The average molecular weight is 286 g/mol. The number of nitrogens with two attached hydrogens (primary N) is 1. The minimum absolute atomic E-state index is 0.0406. The minimum Gasteiger partial charge on any atom is -0.324 e. The fourth-order valence-electron chi connectivity index (χ4n) is 2.98. The van der Waals surface area contributed by atoms with E-state index >= 15 is 0 Å². The summed E-state index contributed by atoms with van der Waals surface area (Å²) in [6.07, 6.45) is 3.60. The van der Waals surface area contributed by atoms with Gasteiger partial charge in [0.2, 0.25) is 0 Å². The highest BCUT2D eigenvalue weighted by atomic mass is 35.5. The van der Waals surface area contributed by atoms with Crippen LogP contribution >= 0.6 is 23.2 Å². The quantitative estimate of drug-likeness (QED) is 0.807. The Morgan fingerprint density at radius 1 is 1.11 bits per heavy atom. The lowest BCUT2D eigenvalue weighted by Gasteiger charge is -2.35. The van der Waals surface area contributed by atoms with Gasteiger partial charge >= 0.3 is 0 Å². The van der Waals surface area contributed by atoms with Crippen LogP contribution < -0.4 is 5.73 Å². The third kappa shape index (κ3) is 2.84. The molecule has 0 aliphatic heterocycles. The van der Waals surface area contributed by atoms with Crippen molar-refractivity contribution in [2.24, 2.45) is 23.5 Å². The smallest absolute Gasteiger partial charge is 0.0468 e. The third-order valence-corrected chi connectivity index (χ3v) is 5.14. The van der Waals surface area contributed by atoms with Gasteiger partial charge in [-0.15, -0.1) is 0 Å². The van der Waals surface area contributed by atoms with E-state index in [0.717, 1.165) is 17.4 Å². The van der Waals surface area contributed by atoms with Crippen LogP contribution in [0.15, 0.2) is 18.2 Å². The Balaban J connectivity index is 2.19. The second-order valence-electron chi connectivity index (χ2n) is 5.69. The molecule has 1 aliphatic rings. The molecule has 1 saturated carbocycles. The molecule has 3 heteroatoms. The van der Waals surface area contributed by atoms with Gasteiger partial charge in [0.15, 0.2) is 0 Å². The maximum absolute atomic E-state index is 6.41. The summed E-state index contributed by atoms with van der Waals surface area (Å²) in [4.78, 5) is 0. The van der Waals surface area contributed by atoms with Gasteiger partial charge in [-0.25, -0.2) is 0 Å². The minimum atomic E-state index is -0.0406. The van der Waals surface area contributed by atoms with E-state index in [4.69, 9.17) is 28.9 Å². The van der Waals surface area contributed by atoms with Gasteiger partial charge in [0, 0.05) is 21.7 Å². The number of halogens is 2. The van der Waals surface area contributed by atoms with Crippen molar-refractivity contribution in [3.8, 4) is 0 Å². The van der Waals surface area contributed by atoms with Gasteiger partial charge in [0.05, 0.1) is 0 Å². The summed E-state index contributed by atoms with van der Waals surface area (Å²) < 4.78 is 0. The zero-order valence-electron chi connectivity index (χ0n) is 11.0. The predicted octanol–water partition coefficient (Wildman–Crippen LogP) is 5.07. The van der Waals surface area contributed by atoms with Crippen molar-refractivity contribution >= 4 is 23.2 Å². The summed E-state index contributed by atoms with van der Waals surface area (Å²) in [6, 6.07) is 5.57. The Kier molecular flexibility index (Phi) is 4.58. The van der Waals surface area contributed by atoms with Crippen LogP contribution in [0.3, 0.4) is 0 Å². The van der Waals surface area contributed by atoms with E-state index in [1.165, 1.54) is 19.3 Å². The largest absolute Gasteiger partial charge is 0.324 e. The second kappa shape index (κ2) is 5.81. The van der Waals surface area contributed by atoms with Gasteiger partial charge in [0.1, 0.15) is 0 Å². The topological polar surface area (TPSA) is 26.0 Å². The lowest BCUT2D eigenvalue weighted by Crippen LogP contribution is -2.29. The van der Waals surface area contributed by atoms with Crippen LogP contribution in [-0.2, 0) is 0 Å². The van der Waals surface area contributed by atoms with E-state index in [0.29, 0.717) is 16.0 Å². The van der Waals surface area contributed by atoms with Crippen molar-refractivity contribution in [1.29, 1.82) is 0 Å². The van der Waals surface area contributed by atoms with E-state index < -0.39 is 0 Å². The molecule has 2 rings (SSSR count). The molecular weight excluding hydrogens is 265 g/mol. The van der Waals surface area contributed by atoms with Gasteiger partial charge in [-0.2, -0.15) is 0 Å². The molecule has 18 heavy (non-hydrogen) atoms. The molecule has 0 amide bonds. The first-order valence-electron chi connectivity index (χ1n) is 6.70. The van der Waals surface area contributed by atoms with E-state index in [-0.39, 0.29) is 6.04 Å². The lowest BCUT2D eigenvalue weighted by molar-refractivity contribution is 0.186. The van der Waals surface area contributed by atoms with Gasteiger partial charge in [-0.3, -0.25) is 0 Å². The van der Waals surface area contributed by atoms with E-state index in [2.05, 4.69) is 13.8 Å². The molecule has 1 aromatic carbocycles. The fraction of sp³-hybridized carbons (Fsp3) is 0.600. The van der Waals surface area contributed by atoms with Crippen molar-refractivity contribution in [3.63, 3.8) is 0 Å². The summed E-state index contributed by atoms with van der Waals surface area (Å²) in [5.74, 6) is 2.03. The van der Waals surface area contributed by atoms with E-state index in [1.54, 1.807) is 0 Å². The van der Waals surface area contributed by atoms with Crippen LogP contribution in [0.2, 0.25) is 10.0 Å². The highest BCUT2D eigenvalue weighted by Crippen LogP contribution is 2.42. The molecular formula is C15H21Cl2N. The second-order valence-corrected chi connectivity index (χ2v) is 6.50. The Bertz CT molecular complexity index is 399. The molecule has 1 aromatic rings. The first-order valence-corrected chi connectivity index (χ1v) is 7.45. The highest BCUT2D eigenvalue weighted by Gasteiger charge is 2.30. The SMILES string of the molecule is CC1CCC(C(N)c2c(Cl)cccc2Cl)CC1C. The van der Waals surface area contributed by atoms with Gasteiger partial charge in [-0.1, -0.05) is 49.5 Å². The molecule has 4 unspecified atom stereocenters. The molecule has 0 heterocycles. The van der Waals surface area contributed by atoms with E-state index in [1.807, 2.05) is 18.2 Å². The summed E-state index contributed by atoms with van der Waals surface area (Å²) in [5, 5.41) is 1.39. The molecule has 2 N–H and O–H groups in total. The van der Waals surface area contributed by atoms with Crippen LogP contribution in [-0.4, -0.2) is 0 Å². The molecule has 0 radical (unpaired) electrons. The van der Waals surface area contributed by atoms with Gasteiger partial charge < -0.3 is 5.73 Å². The monoisotopic (exact) mass is 285 g/mol. The Morgan fingerprint density at radius 2 is 1.72 bits per heavy atom. The first kappa shape index (κ1) is 14.2. The van der Waals surface area contributed by atoms with Crippen LogP contribution in [0.5, 0.6) is 0 Å². The Hall–Kier alpha value is -0.240. The number of rotatable bonds is 2. The predicted molar refractivity (Wildman–Crippen MR) is 79.1 cm³/mol. The maximum Gasteiger partial charge on any atom is 0.0468 e. The average Bonchev–Trinajstić information content (AvgIpc) is 2.32. The van der Waals surface area contributed by atoms with Gasteiger partial charge in [0.25, 0.3) is 0 Å². The maximum atomic E-state index is 6.41. The van der Waals surface area contributed by atoms with Crippen molar-refractivity contribution in [1.82, 2.24) is 0 Å². The van der Waals surface area contributed by atoms with Crippen LogP contribution in [0.1, 0.15) is 44.7 Å². The zero-order chi connectivity index (χ0) is 13.3. The number of hydrogen-bond acceptors (Lipinski definition) is 1. The molecule has 1 aliphatic carbocycles. The zero-order valence-corrected chi connectivity index (χ0v) is 12.5. The summed E-state index contributed by atoms with van der Waals surface area (Å²) in [6.45, 7) is 4.65. The molecule has 0 aromatic heterocycles. The Labute approximate surface area is 120 Å². The van der Waals surface area contributed by atoms with Crippen molar-refractivity contribution < 1.29 is 0 Å². The van der Waals surface area contributed by atoms with Crippen molar-refractivity contribution in [2.45, 2.75) is 39.2 Å². The standard InChI is InChI=1S/C15H21Cl2N/c1-9-6-7-11(8-10(9)2)15(18)14-12(16)4-3-5-13(14)17/h3-5,9-11,15H,6-8,18H2,1-2H3. The Morgan fingerprint density at radius 3 is 2.28 bits per heavy atom. The first-order chi connectivity index (χ1) is 8.50. The molecule has 0 spiro atoms. The van der Waals surface area contributed by atoms with Gasteiger partial charge in [-0.05, 0) is 42.7 Å². The molecule has 0 bridgehead atoms. The van der Waals surface area contributed by atoms with Crippen LogP contribution in [0, 0.1) is 17.8 Å². The number of benzene rings is 1. The molecule has 4 atom stereocenters. The molecule has 1 nitrogen and oxygen atoms in total. The summed E-state index contributed by atoms with van der Waals surface area (Å²) in [7, 11) is 0. The summed E-state index contributed by atoms with van der Waals surface area (Å²) in [5.41, 5.74) is 7.33. The van der Waals surface area contributed by atoms with Crippen LogP contribution in [0.25, 0.3) is 0 Å².